The van der Waals surface area contributed by atoms with E-state index < -0.39 is 0 Å². The van der Waals surface area contributed by atoms with Gasteiger partial charge in [0.15, 0.2) is 0 Å². The summed E-state index contributed by atoms with van der Waals surface area (Å²) < 4.78 is 0. The Balaban J connectivity index is 1.89. The Bertz CT molecular complexity index is 534. The molecular formula is C14H16ClN3O2. The van der Waals surface area contributed by atoms with E-state index in [1.165, 1.54) is 12.1 Å². The Hall–Kier alpha value is -1.77. The van der Waals surface area contributed by atoms with Crippen molar-refractivity contribution in [1.82, 2.24) is 10.2 Å². The van der Waals surface area contributed by atoms with Crippen molar-refractivity contribution in [3.63, 3.8) is 0 Å². The Morgan fingerprint density at radius 1 is 1.50 bits per heavy atom. The number of likely N-dealkylation sites (tertiary alicyclic amines) is 1. The zero-order valence-corrected chi connectivity index (χ0v) is 11.7. The van der Waals surface area contributed by atoms with Crippen LogP contribution in [0.3, 0.4) is 0 Å². The van der Waals surface area contributed by atoms with E-state index in [4.69, 9.17) is 16.9 Å². The molecule has 0 bridgehead atoms. The van der Waals surface area contributed by atoms with Crippen LogP contribution in [-0.2, 0) is 0 Å². The summed E-state index contributed by atoms with van der Waals surface area (Å²) in [7, 11) is 0. The molecule has 1 heterocycles. The number of halogens is 1. The topological polar surface area (TPSA) is 76.4 Å². The van der Waals surface area contributed by atoms with Gasteiger partial charge in [0, 0.05) is 24.7 Å². The van der Waals surface area contributed by atoms with Crippen LogP contribution >= 0.6 is 11.6 Å². The molecule has 5 nitrogen and oxygen atoms in total. The van der Waals surface area contributed by atoms with Crippen LogP contribution in [0.2, 0.25) is 5.02 Å². The number of aromatic hydroxyl groups is 1. The van der Waals surface area contributed by atoms with E-state index in [-0.39, 0.29) is 22.7 Å². The Labute approximate surface area is 122 Å². The second-order valence-electron chi connectivity index (χ2n) is 4.85. The highest BCUT2D eigenvalue weighted by atomic mass is 35.5. The molecular weight excluding hydrogens is 278 g/mol. The molecule has 1 amide bonds. The van der Waals surface area contributed by atoms with E-state index in [2.05, 4.69) is 16.3 Å². The van der Waals surface area contributed by atoms with E-state index >= 15 is 0 Å². The van der Waals surface area contributed by atoms with Gasteiger partial charge in [-0.1, -0.05) is 11.6 Å². The zero-order chi connectivity index (χ0) is 14.5. The average Bonchev–Trinajstić information content (AvgIpc) is 2.44. The summed E-state index contributed by atoms with van der Waals surface area (Å²) in [5, 5.41) is 21.1. The van der Waals surface area contributed by atoms with Crippen LogP contribution in [0.15, 0.2) is 18.2 Å². The summed E-state index contributed by atoms with van der Waals surface area (Å²) in [5.41, 5.74) is 0.437. The highest BCUT2D eigenvalue weighted by Crippen LogP contribution is 2.23. The smallest absolute Gasteiger partial charge is 0.251 e. The van der Waals surface area contributed by atoms with Gasteiger partial charge in [-0.05, 0) is 31.0 Å². The number of carbonyl (C=O) groups excluding carboxylic acids is 1. The number of hydrogen-bond acceptors (Lipinski definition) is 4. The maximum absolute atomic E-state index is 12.1. The molecule has 1 aliphatic heterocycles. The number of amides is 1. The van der Waals surface area contributed by atoms with Crippen molar-refractivity contribution in [3.8, 4) is 11.8 Å². The Morgan fingerprint density at radius 2 is 2.20 bits per heavy atom. The fourth-order valence-corrected chi connectivity index (χ4v) is 2.43. The molecule has 0 aliphatic carbocycles. The van der Waals surface area contributed by atoms with Crippen LogP contribution < -0.4 is 5.32 Å². The van der Waals surface area contributed by atoms with Crippen molar-refractivity contribution >= 4 is 17.5 Å². The number of rotatable bonds is 3. The molecule has 1 aromatic carbocycles. The predicted octanol–water partition coefficient (Wildman–Crippen LogP) is 1.76. The number of piperidine rings is 1. The van der Waals surface area contributed by atoms with Crippen LogP contribution in [0.5, 0.6) is 5.75 Å². The lowest BCUT2D eigenvalue weighted by Crippen LogP contribution is -2.44. The predicted molar refractivity (Wildman–Crippen MR) is 75.7 cm³/mol. The lowest BCUT2D eigenvalue weighted by atomic mass is 10.0. The van der Waals surface area contributed by atoms with Crippen molar-refractivity contribution in [2.45, 2.75) is 18.9 Å². The molecule has 2 N–H and O–H groups in total. The highest BCUT2D eigenvalue weighted by molar-refractivity contribution is 6.32. The molecule has 2 rings (SSSR count). The number of hydrogen-bond donors (Lipinski definition) is 2. The van der Waals surface area contributed by atoms with Crippen LogP contribution in [-0.4, -0.2) is 41.6 Å². The molecule has 1 saturated heterocycles. The first-order chi connectivity index (χ1) is 9.60. The quantitative estimate of drug-likeness (QED) is 0.833. The number of nitriles is 1. The van der Waals surface area contributed by atoms with Gasteiger partial charge >= 0.3 is 0 Å². The third-order valence-electron chi connectivity index (χ3n) is 3.43. The van der Waals surface area contributed by atoms with Gasteiger partial charge < -0.3 is 10.4 Å². The fraction of sp³-hybridized carbons (Fsp3) is 0.429. The molecule has 1 aliphatic rings. The molecule has 0 spiro atoms. The summed E-state index contributed by atoms with van der Waals surface area (Å²) in [6, 6.07) is 6.65. The van der Waals surface area contributed by atoms with Gasteiger partial charge in [0.25, 0.3) is 5.91 Å². The molecule has 1 fully saturated rings. The van der Waals surface area contributed by atoms with Gasteiger partial charge in [-0.3, -0.25) is 9.69 Å². The largest absolute Gasteiger partial charge is 0.506 e. The summed E-state index contributed by atoms with van der Waals surface area (Å²) in [4.78, 5) is 14.1. The van der Waals surface area contributed by atoms with Gasteiger partial charge in [-0.25, -0.2) is 0 Å². The van der Waals surface area contributed by atoms with Crippen molar-refractivity contribution in [2.24, 2.45) is 0 Å². The molecule has 0 radical (unpaired) electrons. The van der Waals surface area contributed by atoms with Crippen LogP contribution in [0.1, 0.15) is 23.2 Å². The number of benzene rings is 1. The standard InChI is InChI=1S/C14H16ClN3O2/c15-12-9-10(1-2-13(12)19)14(20)17-11-3-6-18(7-4-11)8-5-16/h1-2,9,11,19H,3-4,6-8H2,(H,17,20). The molecule has 0 atom stereocenters. The monoisotopic (exact) mass is 293 g/mol. The van der Waals surface area contributed by atoms with E-state index in [1.54, 1.807) is 6.07 Å². The minimum absolute atomic E-state index is 0.0342. The van der Waals surface area contributed by atoms with Crippen LogP contribution in [0.4, 0.5) is 0 Å². The first-order valence-corrected chi connectivity index (χ1v) is 6.86. The number of nitrogens with one attached hydrogen (secondary N) is 1. The minimum Gasteiger partial charge on any atom is -0.506 e. The van der Waals surface area contributed by atoms with Gasteiger partial charge in [-0.2, -0.15) is 5.26 Å². The summed E-state index contributed by atoms with van der Waals surface area (Å²) in [6.07, 6.45) is 1.67. The highest BCUT2D eigenvalue weighted by Gasteiger charge is 2.21. The van der Waals surface area contributed by atoms with E-state index in [1.807, 2.05) is 0 Å². The number of nitrogens with zero attached hydrogens (tertiary/aromatic N) is 2. The average molecular weight is 294 g/mol. The first kappa shape index (κ1) is 14.6. The zero-order valence-electron chi connectivity index (χ0n) is 11.0. The van der Waals surface area contributed by atoms with Gasteiger partial charge in [-0.15, -0.1) is 0 Å². The fourth-order valence-electron chi connectivity index (χ4n) is 2.25. The van der Waals surface area contributed by atoms with Gasteiger partial charge in [0.1, 0.15) is 5.75 Å². The molecule has 0 unspecified atom stereocenters. The molecule has 106 valence electrons. The molecule has 1 aromatic rings. The van der Waals surface area contributed by atoms with Crippen LogP contribution in [0, 0.1) is 11.3 Å². The number of carbonyl (C=O) groups is 1. The number of phenolic OH excluding ortho intramolecular Hbond substituents is 1. The maximum atomic E-state index is 12.1. The summed E-state index contributed by atoms with van der Waals surface area (Å²) in [5.74, 6) is -0.223. The van der Waals surface area contributed by atoms with E-state index in [0.717, 1.165) is 25.9 Å². The normalized spacial score (nSPS) is 16.6. The summed E-state index contributed by atoms with van der Waals surface area (Å²) in [6.45, 7) is 2.07. The third kappa shape index (κ3) is 3.62. The van der Waals surface area contributed by atoms with E-state index in [9.17, 15) is 9.90 Å². The second-order valence-corrected chi connectivity index (χ2v) is 5.26. The summed E-state index contributed by atoms with van der Waals surface area (Å²) >= 11 is 5.79. The Morgan fingerprint density at radius 3 is 2.80 bits per heavy atom. The molecule has 0 saturated carbocycles. The lowest BCUT2D eigenvalue weighted by Gasteiger charge is -2.30. The van der Waals surface area contributed by atoms with Crippen molar-refractivity contribution in [1.29, 1.82) is 5.26 Å². The van der Waals surface area contributed by atoms with Gasteiger partial charge in [0.2, 0.25) is 0 Å². The molecule has 6 heteroatoms. The van der Waals surface area contributed by atoms with Crippen LogP contribution in [0.25, 0.3) is 0 Å². The SMILES string of the molecule is N#CCN1CCC(NC(=O)c2ccc(O)c(Cl)c2)CC1. The molecule has 20 heavy (non-hydrogen) atoms. The van der Waals surface area contributed by atoms with Crippen molar-refractivity contribution < 1.29 is 9.90 Å². The lowest BCUT2D eigenvalue weighted by molar-refractivity contribution is 0.0914. The third-order valence-corrected chi connectivity index (χ3v) is 3.73. The minimum atomic E-state index is -0.189. The molecule has 0 aromatic heterocycles. The van der Waals surface area contributed by atoms with E-state index in [0.29, 0.717) is 12.1 Å². The van der Waals surface area contributed by atoms with Gasteiger partial charge in [0.05, 0.1) is 17.6 Å². The second kappa shape index (κ2) is 6.60. The Kier molecular flexibility index (Phi) is 4.83. The first-order valence-electron chi connectivity index (χ1n) is 6.49. The number of phenols is 1. The maximum Gasteiger partial charge on any atom is 0.251 e. The van der Waals surface area contributed by atoms with Crippen molar-refractivity contribution in [3.05, 3.63) is 28.8 Å². The van der Waals surface area contributed by atoms with Crippen molar-refractivity contribution in [2.75, 3.05) is 19.6 Å².